The second-order valence-electron chi connectivity index (χ2n) is 4.81. The molecular weight excluding hydrogens is 298 g/mol. The van der Waals surface area contributed by atoms with Crippen LogP contribution in [-0.4, -0.2) is 54.7 Å². The van der Waals surface area contributed by atoms with Crippen molar-refractivity contribution in [2.75, 3.05) is 19.7 Å². The number of hydrogen-bond donors (Lipinski definition) is 2. The predicted octanol–water partition coefficient (Wildman–Crippen LogP) is 0.295. The van der Waals surface area contributed by atoms with E-state index in [0.717, 1.165) is 0 Å². The summed E-state index contributed by atoms with van der Waals surface area (Å²) in [5, 5.41) is 18.1. The van der Waals surface area contributed by atoms with E-state index in [0.29, 0.717) is 19.4 Å². The van der Waals surface area contributed by atoms with Gasteiger partial charge in [0.1, 0.15) is 5.75 Å². The molecule has 0 aromatic heterocycles. The fourth-order valence-corrected chi connectivity index (χ4v) is 3.66. The Morgan fingerprint density at radius 2 is 2.00 bits per heavy atom. The van der Waals surface area contributed by atoms with Crippen LogP contribution in [0.4, 0.5) is 0 Å². The topological polar surface area (TPSA) is 104 Å². The summed E-state index contributed by atoms with van der Waals surface area (Å²) in [5.41, 5.74) is 0. The highest BCUT2D eigenvalue weighted by Gasteiger charge is 2.29. The van der Waals surface area contributed by atoms with E-state index >= 15 is 0 Å². The van der Waals surface area contributed by atoms with Crippen molar-refractivity contribution in [1.82, 2.24) is 4.31 Å². The minimum absolute atomic E-state index is 0.0966. The van der Waals surface area contributed by atoms with Gasteiger partial charge >= 0.3 is 5.97 Å². The van der Waals surface area contributed by atoms with Crippen molar-refractivity contribution in [3.63, 3.8) is 0 Å². The molecule has 0 amide bonds. The van der Waals surface area contributed by atoms with Crippen LogP contribution < -0.4 is 4.74 Å². The molecule has 1 atom stereocenters. The molecule has 1 aromatic carbocycles. The molecule has 116 valence electrons. The molecule has 21 heavy (non-hydrogen) atoms. The number of nitrogens with zero attached hydrogens (tertiary/aromatic N) is 1. The minimum atomic E-state index is -3.64. The van der Waals surface area contributed by atoms with E-state index < -0.39 is 28.7 Å². The molecule has 1 saturated heterocycles. The van der Waals surface area contributed by atoms with Crippen molar-refractivity contribution >= 4 is 16.0 Å². The smallest absolute Gasteiger partial charge is 0.341 e. The van der Waals surface area contributed by atoms with Gasteiger partial charge < -0.3 is 14.9 Å². The van der Waals surface area contributed by atoms with E-state index in [1.807, 2.05) is 0 Å². The van der Waals surface area contributed by atoms with Crippen LogP contribution in [-0.2, 0) is 14.8 Å². The van der Waals surface area contributed by atoms with Crippen LogP contribution in [0.3, 0.4) is 0 Å². The Labute approximate surface area is 122 Å². The zero-order valence-corrected chi connectivity index (χ0v) is 12.1. The van der Waals surface area contributed by atoms with Crippen LogP contribution in [0.25, 0.3) is 0 Å². The van der Waals surface area contributed by atoms with Crippen LogP contribution >= 0.6 is 0 Å². The van der Waals surface area contributed by atoms with Crippen LogP contribution in [0, 0.1) is 0 Å². The number of aliphatic carboxylic acids is 1. The van der Waals surface area contributed by atoms with Crippen molar-refractivity contribution in [3.05, 3.63) is 24.3 Å². The standard InChI is InChI=1S/C13H17NO6S/c15-10-2-1-7-14(8-10)21(18,19)12-5-3-11(4-6-12)20-9-13(16)17/h3-6,10,15H,1-2,7-9H2,(H,16,17)/t10-/m0/s1. The average Bonchev–Trinajstić information content (AvgIpc) is 2.45. The van der Waals surface area contributed by atoms with Gasteiger partial charge in [-0.2, -0.15) is 4.31 Å². The second kappa shape index (κ2) is 6.42. The van der Waals surface area contributed by atoms with Crippen molar-refractivity contribution in [2.45, 2.75) is 23.8 Å². The summed E-state index contributed by atoms with van der Waals surface area (Å²) in [7, 11) is -3.64. The second-order valence-corrected chi connectivity index (χ2v) is 6.75. The highest BCUT2D eigenvalue weighted by molar-refractivity contribution is 7.89. The van der Waals surface area contributed by atoms with Gasteiger partial charge in [0, 0.05) is 13.1 Å². The number of carbonyl (C=O) groups is 1. The zero-order valence-electron chi connectivity index (χ0n) is 11.3. The summed E-state index contributed by atoms with van der Waals surface area (Å²) in [6.07, 6.45) is 0.598. The molecule has 0 aliphatic carbocycles. The van der Waals surface area contributed by atoms with E-state index in [2.05, 4.69) is 0 Å². The fourth-order valence-electron chi connectivity index (χ4n) is 2.14. The summed E-state index contributed by atoms with van der Waals surface area (Å²) in [5.74, 6) is -0.816. The van der Waals surface area contributed by atoms with Crippen molar-refractivity contribution in [3.8, 4) is 5.75 Å². The lowest BCUT2D eigenvalue weighted by Crippen LogP contribution is -2.42. The van der Waals surface area contributed by atoms with Gasteiger partial charge in [-0.15, -0.1) is 0 Å². The highest BCUT2D eigenvalue weighted by atomic mass is 32.2. The van der Waals surface area contributed by atoms with Crippen molar-refractivity contribution < 1.29 is 28.2 Å². The Kier molecular flexibility index (Phi) is 4.81. The SMILES string of the molecule is O=C(O)COc1ccc(S(=O)(=O)N2CCC[C@H](O)C2)cc1. The number of piperidine rings is 1. The summed E-state index contributed by atoms with van der Waals surface area (Å²) < 4.78 is 31.0. The molecule has 1 aromatic rings. The lowest BCUT2D eigenvalue weighted by atomic mass is 10.1. The quantitative estimate of drug-likeness (QED) is 0.809. The van der Waals surface area contributed by atoms with E-state index in [4.69, 9.17) is 9.84 Å². The molecule has 0 bridgehead atoms. The van der Waals surface area contributed by atoms with Gasteiger partial charge in [-0.05, 0) is 37.1 Å². The summed E-state index contributed by atoms with van der Waals surface area (Å²) in [6.45, 7) is 0.000667. The van der Waals surface area contributed by atoms with Gasteiger partial charge in [0.05, 0.1) is 11.0 Å². The third-order valence-corrected chi connectivity index (χ3v) is 5.06. The normalized spacial score (nSPS) is 20.1. The maximum Gasteiger partial charge on any atom is 0.341 e. The van der Waals surface area contributed by atoms with Crippen LogP contribution in [0.15, 0.2) is 29.2 Å². The first kappa shape index (κ1) is 15.7. The number of benzene rings is 1. The molecule has 0 unspecified atom stereocenters. The number of β-amino-alcohol motifs (C(OH)–C–C–N with tert-alkyl or cyclic N) is 1. The Bertz CT molecular complexity index is 598. The molecule has 1 fully saturated rings. The molecule has 1 heterocycles. The number of carboxylic acid groups (broad SMARTS) is 1. The lowest BCUT2D eigenvalue weighted by Gasteiger charge is -2.29. The average molecular weight is 315 g/mol. The Hall–Kier alpha value is -1.64. The number of aliphatic hydroxyl groups excluding tert-OH is 1. The fraction of sp³-hybridized carbons (Fsp3) is 0.462. The number of sulfonamides is 1. The Morgan fingerprint density at radius 3 is 2.57 bits per heavy atom. The van der Waals surface area contributed by atoms with Crippen LogP contribution in [0.5, 0.6) is 5.75 Å². The molecule has 2 N–H and O–H groups in total. The van der Waals surface area contributed by atoms with Gasteiger partial charge in [-0.3, -0.25) is 0 Å². The lowest BCUT2D eigenvalue weighted by molar-refractivity contribution is -0.139. The Morgan fingerprint density at radius 1 is 1.33 bits per heavy atom. The molecular formula is C13H17NO6S. The maximum absolute atomic E-state index is 12.4. The van der Waals surface area contributed by atoms with Crippen molar-refractivity contribution in [1.29, 1.82) is 0 Å². The number of ether oxygens (including phenoxy) is 1. The van der Waals surface area contributed by atoms with Gasteiger partial charge in [0.25, 0.3) is 0 Å². The van der Waals surface area contributed by atoms with Gasteiger partial charge in [0.2, 0.25) is 10.0 Å². The van der Waals surface area contributed by atoms with Crippen LogP contribution in [0.2, 0.25) is 0 Å². The minimum Gasteiger partial charge on any atom is -0.482 e. The number of aliphatic hydroxyl groups is 1. The Balaban J connectivity index is 2.11. The summed E-state index contributed by atoms with van der Waals surface area (Å²) >= 11 is 0. The van der Waals surface area contributed by atoms with E-state index in [1.165, 1.54) is 28.6 Å². The monoisotopic (exact) mass is 315 g/mol. The van der Waals surface area contributed by atoms with E-state index in [-0.39, 0.29) is 17.2 Å². The molecule has 7 nitrogen and oxygen atoms in total. The third-order valence-electron chi connectivity index (χ3n) is 3.18. The van der Waals surface area contributed by atoms with Gasteiger partial charge in [-0.25, -0.2) is 13.2 Å². The van der Waals surface area contributed by atoms with Crippen molar-refractivity contribution in [2.24, 2.45) is 0 Å². The molecule has 1 aliphatic rings. The molecule has 2 rings (SSSR count). The number of carboxylic acids is 1. The number of hydrogen-bond acceptors (Lipinski definition) is 5. The zero-order chi connectivity index (χ0) is 15.5. The first-order chi connectivity index (χ1) is 9.89. The predicted molar refractivity (Wildman–Crippen MR) is 73.6 cm³/mol. The van der Waals surface area contributed by atoms with Crippen LogP contribution in [0.1, 0.15) is 12.8 Å². The van der Waals surface area contributed by atoms with E-state index in [1.54, 1.807) is 0 Å². The maximum atomic E-state index is 12.4. The first-order valence-corrected chi connectivity index (χ1v) is 7.96. The molecule has 1 aliphatic heterocycles. The molecule has 0 spiro atoms. The molecule has 8 heteroatoms. The molecule has 0 saturated carbocycles. The van der Waals surface area contributed by atoms with E-state index in [9.17, 15) is 18.3 Å². The molecule has 0 radical (unpaired) electrons. The van der Waals surface area contributed by atoms with Gasteiger partial charge in [0.15, 0.2) is 6.61 Å². The first-order valence-electron chi connectivity index (χ1n) is 6.52. The highest BCUT2D eigenvalue weighted by Crippen LogP contribution is 2.22. The summed E-state index contributed by atoms with van der Waals surface area (Å²) in [4.78, 5) is 10.5. The van der Waals surface area contributed by atoms with Gasteiger partial charge in [-0.1, -0.05) is 0 Å². The third kappa shape index (κ3) is 3.93. The number of rotatable bonds is 5. The largest absolute Gasteiger partial charge is 0.482 e. The summed E-state index contributed by atoms with van der Waals surface area (Å²) in [6, 6.07) is 5.56.